The predicted octanol–water partition coefficient (Wildman–Crippen LogP) is 1.03. The minimum atomic E-state index is 0.120. The van der Waals surface area contributed by atoms with Gasteiger partial charge in [-0.3, -0.25) is 4.79 Å². The van der Waals surface area contributed by atoms with Gasteiger partial charge in [0.05, 0.1) is 0 Å². The highest BCUT2D eigenvalue weighted by atomic mass is 16.1. The van der Waals surface area contributed by atoms with Gasteiger partial charge < -0.3 is 11.1 Å². The topological polar surface area (TPSA) is 55.1 Å². The van der Waals surface area contributed by atoms with Crippen molar-refractivity contribution in [1.82, 2.24) is 5.32 Å². The van der Waals surface area contributed by atoms with E-state index in [-0.39, 0.29) is 11.9 Å². The maximum atomic E-state index is 11.5. The predicted molar refractivity (Wildman–Crippen MR) is 61.0 cm³/mol. The highest BCUT2D eigenvalue weighted by molar-refractivity contribution is 5.76. The van der Waals surface area contributed by atoms with E-state index in [0.717, 1.165) is 19.3 Å². The largest absolute Gasteiger partial charge is 0.352 e. The molecule has 1 atom stereocenters. The number of terminal acetylenes is 1. The first-order chi connectivity index (χ1) is 7.27. The maximum Gasteiger partial charge on any atom is 0.220 e. The third kappa shape index (κ3) is 4.85. The van der Waals surface area contributed by atoms with Crippen LogP contribution < -0.4 is 11.1 Å². The first-order valence-corrected chi connectivity index (χ1v) is 5.70. The summed E-state index contributed by atoms with van der Waals surface area (Å²) in [6.07, 6.45) is 10.7. The molecule has 0 radical (unpaired) electrons. The molecule has 1 unspecified atom stereocenters. The van der Waals surface area contributed by atoms with Gasteiger partial charge in [0.2, 0.25) is 5.91 Å². The highest BCUT2D eigenvalue weighted by Gasteiger charge is 2.30. The summed E-state index contributed by atoms with van der Waals surface area (Å²) in [4.78, 5) is 11.5. The first kappa shape index (κ1) is 12.1. The Morgan fingerprint density at radius 1 is 1.53 bits per heavy atom. The number of unbranched alkanes of at least 4 members (excludes halogenated alkanes) is 2. The molecule has 3 nitrogen and oxygen atoms in total. The van der Waals surface area contributed by atoms with Gasteiger partial charge in [-0.15, -0.1) is 12.3 Å². The Morgan fingerprint density at radius 2 is 2.27 bits per heavy atom. The van der Waals surface area contributed by atoms with Gasteiger partial charge in [0.1, 0.15) is 0 Å². The molecule has 0 aromatic carbocycles. The number of amides is 1. The summed E-state index contributed by atoms with van der Waals surface area (Å²) in [6.45, 7) is 0.556. The average molecular weight is 208 g/mol. The quantitative estimate of drug-likeness (QED) is 0.485. The van der Waals surface area contributed by atoms with Gasteiger partial charge >= 0.3 is 0 Å². The molecule has 0 spiro atoms. The third-order valence-corrected chi connectivity index (χ3v) is 2.77. The summed E-state index contributed by atoms with van der Waals surface area (Å²) in [7, 11) is 0. The summed E-state index contributed by atoms with van der Waals surface area (Å²) in [6, 6.07) is 0.199. The van der Waals surface area contributed by atoms with Gasteiger partial charge in [0.25, 0.3) is 0 Å². The lowest BCUT2D eigenvalue weighted by molar-refractivity contribution is -0.122. The van der Waals surface area contributed by atoms with Crippen molar-refractivity contribution in [2.45, 2.75) is 44.6 Å². The second-order valence-corrected chi connectivity index (χ2v) is 4.16. The van der Waals surface area contributed by atoms with Crippen molar-refractivity contribution in [2.75, 3.05) is 6.54 Å². The monoisotopic (exact) mass is 208 g/mol. The molecule has 0 aliphatic heterocycles. The van der Waals surface area contributed by atoms with Gasteiger partial charge in [-0.2, -0.15) is 0 Å². The lowest BCUT2D eigenvalue weighted by atomic mass is 10.1. The maximum absolute atomic E-state index is 11.5. The summed E-state index contributed by atoms with van der Waals surface area (Å²) in [5.41, 5.74) is 5.60. The van der Waals surface area contributed by atoms with E-state index in [2.05, 4.69) is 11.2 Å². The molecule has 1 amide bonds. The van der Waals surface area contributed by atoms with Crippen LogP contribution in [0.25, 0.3) is 0 Å². The van der Waals surface area contributed by atoms with Crippen LogP contribution in [0.1, 0.15) is 38.5 Å². The molecule has 3 heteroatoms. The van der Waals surface area contributed by atoms with Crippen LogP contribution in [0.3, 0.4) is 0 Å². The van der Waals surface area contributed by atoms with E-state index < -0.39 is 0 Å². The Hall–Kier alpha value is -1.01. The SMILES string of the molecule is C#CCCCCC(=O)NC(CN)C1CC1. The zero-order valence-corrected chi connectivity index (χ0v) is 9.17. The third-order valence-electron chi connectivity index (χ3n) is 2.77. The van der Waals surface area contributed by atoms with Gasteiger partial charge in [-0.05, 0) is 31.6 Å². The van der Waals surface area contributed by atoms with Gasteiger partial charge in [0, 0.05) is 25.4 Å². The number of hydrogen-bond donors (Lipinski definition) is 2. The highest BCUT2D eigenvalue weighted by Crippen LogP contribution is 2.32. The van der Waals surface area contributed by atoms with E-state index in [1.54, 1.807) is 0 Å². The number of nitrogens with two attached hydrogens (primary N) is 1. The van der Waals surface area contributed by atoms with Gasteiger partial charge in [-0.1, -0.05) is 0 Å². The van der Waals surface area contributed by atoms with Crippen LogP contribution in [0.4, 0.5) is 0 Å². The zero-order valence-electron chi connectivity index (χ0n) is 9.17. The number of hydrogen-bond acceptors (Lipinski definition) is 2. The normalized spacial score (nSPS) is 16.8. The number of carbonyl (C=O) groups excluding carboxylic acids is 1. The molecule has 0 aromatic rings. The summed E-state index contributed by atoms with van der Waals surface area (Å²) in [5.74, 6) is 3.32. The molecular weight excluding hydrogens is 188 g/mol. The van der Waals surface area contributed by atoms with E-state index in [4.69, 9.17) is 12.2 Å². The molecule has 1 saturated carbocycles. The van der Waals surface area contributed by atoms with Gasteiger partial charge in [0.15, 0.2) is 0 Å². The van der Waals surface area contributed by atoms with Crippen molar-refractivity contribution in [2.24, 2.45) is 11.7 Å². The van der Waals surface area contributed by atoms with Crippen LogP contribution in [0.5, 0.6) is 0 Å². The standard InChI is InChI=1S/C12H20N2O/c1-2-3-4-5-6-12(15)14-11(9-13)10-7-8-10/h1,10-11H,3-9,13H2,(H,14,15). The van der Waals surface area contributed by atoms with E-state index >= 15 is 0 Å². The van der Waals surface area contributed by atoms with E-state index in [1.807, 2.05) is 0 Å². The Bertz CT molecular complexity index is 240. The molecule has 15 heavy (non-hydrogen) atoms. The molecule has 0 saturated heterocycles. The second kappa shape index (κ2) is 6.47. The van der Waals surface area contributed by atoms with Crippen molar-refractivity contribution >= 4 is 5.91 Å². The summed E-state index contributed by atoms with van der Waals surface area (Å²) < 4.78 is 0. The molecule has 0 heterocycles. The van der Waals surface area contributed by atoms with Crippen molar-refractivity contribution in [1.29, 1.82) is 0 Å². The number of carbonyl (C=O) groups is 1. The molecule has 1 rings (SSSR count). The molecule has 1 fully saturated rings. The van der Waals surface area contributed by atoms with Gasteiger partial charge in [-0.25, -0.2) is 0 Å². The molecular formula is C12H20N2O. The van der Waals surface area contributed by atoms with Crippen molar-refractivity contribution < 1.29 is 4.79 Å². The van der Waals surface area contributed by atoms with Crippen molar-refractivity contribution in [3.8, 4) is 12.3 Å². The fraction of sp³-hybridized carbons (Fsp3) is 0.750. The van der Waals surface area contributed by atoms with Crippen LogP contribution in [0, 0.1) is 18.3 Å². The zero-order chi connectivity index (χ0) is 11.1. The summed E-state index contributed by atoms with van der Waals surface area (Å²) >= 11 is 0. The van der Waals surface area contributed by atoms with Crippen LogP contribution in [0.2, 0.25) is 0 Å². The first-order valence-electron chi connectivity index (χ1n) is 5.70. The minimum absolute atomic E-state index is 0.120. The molecule has 0 bridgehead atoms. The number of rotatable bonds is 7. The lowest BCUT2D eigenvalue weighted by Gasteiger charge is -2.15. The van der Waals surface area contributed by atoms with Crippen molar-refractivity contribution in [3.05, 3.63) is 0 Å². The molecule has 1 aliphatic rings. The molecule has 3 N–H and O–H groups in total. The van der Waals surface area contributed by atoms with E-state index in [1.165, 1.54) is 12.8 Å². The lowest BCUT2D eigenvalue weighted by Crippen LogP contribution is -2.41. The molecule has 1 aliphatic carbocycles. The number of nitrogens with one attached hydrogen (secondary N) is 1. The van der Waals surface area contributed by atoms with Crippen LogP contribution in [0.15, 0.2) is 0 Å². The Morgan fingerprint density at radius 3 is 2.80 bits per heavy atom. The van der Waals surface area contributed by atoms with E-state index in [0.29, 0.717) is 18.9 Å². The smallest absolute Gasteiger partial charge is 0.220 e. The van der Waals surface area contributed by atoms with Crippen molar-refractivity contribution in [3.63, 3.8) is 0 Å². The Labute approximate surface area is 91.8 Å². The van der Waals surface area contributed by atoms with Crippen LogP contribution in [-0.4, -0.2) is 18.5 Å². The Kier molecular flexibility index (Phi) is 5.20. The minimum Gasteiger partial charge on any atom is -0.352 e. The molecule has 84 valence electrons. The van der Waals surface area contributed by atoms with Crippen LogP contribution in [-0.2, 0) is 4.79 Å². The Balaban J connectivity index is 2.08. The average Bonchev–Trinajstić information content (AvgIpc) is 3.05. The fourth-order valence-corrected chi connectivity index (χ4v) is 1.66. The van der Waals surface area contributed by atoms with E-state index in [9.17, 15) is 4.79 Å². The van der Waals surface area contributed by atoms with Crippen LogP contribution >= 0.6 is 0 Å². The fourth-order valence-electron chi connectivity index (χ4n) is 1.66. The summed E-state index contributed by atoms with van der Waals surface area (Å²) in [5, 5.41) is 2.99. The second-order valence-electron chi connectivity index (χ2n) is 4.16. The molecule has 0 aromatic heterocycles.